The molecular weight excluding hydrogens is 248 g/mol. The van der Waals surface area contributed by atoms with Crippen LogP contribution in [0.15, 0.2) is 18.2 Å². The third-order valence-corrected chi connectivity index (χ3v) is 4.43. The second kappa shape index (κ2) is 5.57. The van der Waals surface area contributed by atoms with Crippen molar-refractivity contribution in [1.29, 1.82) is 0 Å². The molecule has 0 radical (unpaired) electrons. The molecule has 1 aliphatic carbocycles. The number of ether oxygens (including phenoxy) is 1. The number of rotatable bonds is 5. The van der Waals surface area contributed by atoms with Crippen molar-refractivity contribution >= 4 is 11.6 Å². The molecule has 1 saturated carbocycles. The SMILES string of the molecule is COC1(C(Cc2ccc(C)cc2Cl)NN)CCC1. The predicted octanol–water partition coefficient (Wildman–Crippen LogP) is 2.59. The molecule has 1 aromatic rings. The zero-order valence-electron chi connectivity index (χ0n) is 11.0. The van der Waals surface area contributed by atoms with Gasteiger partial charge in [0, 0.05) is 12.1 Å². The first-order valence-corrected chi connectivity index (χ1v) is 6.75. The van der Waals surface area contributed by atoms with E-state index >= 15 is 0 Å². The van der Waals surface area contributed by atoms with Crippen LogP contribution in [-0.4, -0.2) is 18.8 Å². The van der Waals surface area contributed by atoms with Gasteiger partial charge in [-0.1, -0.05) is 23.7 Å². The molecule has 0 aromatic heterocycles. The summed E-state index contributed by atoms with van der Waals surface area (Å²) in [4.78, 5) is 0. The first-order valence-electron chi connectivity index (χ1n) is 6.37. The van der Waals surface area contributed by atoms with Gasteiger partial charge in [-0.05, 0) is 49.8 Å². The van der Waals surface area contributed by atoms with E-state index in [1.807, 2.05) is 13.0 Å². The van der Waals surface area contributed by atoms with Gasteiger partial charge in [0.25, 0.3) is 0 Å². The van der Waals surface area contributed by atoms with Crippen molar-refractivity contribution in [3.63, 3.8) is 0 Å². The molecule has 3 nitrogen and oxygen atoms in total. The van der Waals surface area contributed by atoms with Crippen molar-refractivity contribution in [2.24, 2.45) is 5.84 Å². The first-order chi connectivity index (χ1) is 8.61. The molecule has 0 bridgehead atoms. The molecule has 0 amide bonds. The smallest absolute Gasteiger partial charge is 0.0847 e. The van der Waals surface area contributed by atoms with E-state index in [-0.39, 0.29) is 11.6 Å². The Morgan fingerprint density at radius 2 is 2.22 bits per heavy atom. The standard InChI is InChI=1S/C14H21ClN2O/c1-10-4-5-11(12(15)8-10)9-13(17-16)14(18-2)6-3-7-14/h4-5,8,13,17H,3,6-7,9,16H2,1-2H3. The van der Waals surface area contributed by atoms with Gasteiger partial charge in [-0.2, -0.15) is 0 Å². The van der Waals surface area contributed by atoms with Gasteiger partial charge in [0.15, 0.2) is 0 Å². The van der Waals surface area contributed by atoms with Crippen molar-refractivity contribution in [3.8, 4) is 0 Å². The third kappa shape index (κ3) is 2.54. The fourth-order valence-corrected chi connectivity index (χ4v) is 2.97. The number of hydrazine groups is 1. The van der Waals surface area contributed by atoms with Crippen molar-refractivity contribution in [2.45, 2.75) is 44.2 Å². The highest BCUT2D eigenvalue weighted by atomic mass is 35.5. The van der Waals surface area contributed by atoms with Crippen LogP contribution in [0, 0.1) is 6.92 Å². The molecule has 1 unspecified atom stereocenters. The van der Waals surface area contributed by atoms with E-state index in [1.165, 1.54) is 12.0 Å². The van der Waals surface area contributed by atoms with Crippen LogP contribution in [0.5, 0.6) is 0 Å². The summed E-state index contributed by atoms with van der Waals surface area (Å²) in [6.45, 7) is 2.04. The molecule has 0 heterocycles. The highest BCUT2D eigenvalue weighted by Crippen LogP contribution is 2.39. The number of aryl methyl sites for hydroxylation is 1. The maximum atomic E-state index is 6.28. The van der Waals surface area contributed by atoms with Crippen LogP contribution >= 0.6 is 11.6 Å². The zero-order chi connectivity index (χ0) is 13.2. The summed E-state index contributed by atoms with van der Waals surface area (Å²) in [6, 6.07) is 6.25. The first kappa shape index (κ1) is 13.8. The minimum Gasteiger partial charge on any atom is -0.377 e. The molecule has 0 aliphatic heterocycles. The number of hydrogen-bond donors (Lipinski definition) is 2. The summed E-state index contributed by atoms with van der Waals surface area (Å²) in [5.41, 5.74) is 5.07. The third-order valence-electron chi connectivity index (χ3n) is 4.08. The Balaban J connectivity index is 2.15. The van der Waals surface area contributed by atoms with Gasteiger partial charge in [-0.15, -0.1) is 0 Å². The molecule has 1 atom stereocenters. The average molecular weight is 269 g/mol. The number of nitrogens with two attached hydrogens (primary N) is 1. The topological polar surface area (TPSA) is 47.3 Å². The monoisotopic (exact) mass is 268 g/mol. The second-order valence-corrected chi connectivity index (χ2v) is 5.55. The van der Waals surface area contributed by atoms with Gasteiger partial charge >= 0.3 is 0 Å². The van der Waals surface area contributed by atoms with Crippen molar-refractivity contribution in [1.82, 2.24) is 5.43 Å². The fourth-order valence-electron chi connectivity index (χ4n) is 2.65. The summed E-state index contributed by atoms with van der Waals surface area (Å²) >= 11 is 6.28. The maximum absolute atomic E-state index is 6.28. The lowest BCUT2D eigenvalue weighted by molar-refractivity contribution is -0.0982. The van der Waals surface area contributed by atoms with Gasteiger partial charge in [-0.3, -0.25) is 11.3 Å². The summed E-state index contributed by atoms with van der Waals surface area (Å²) < 4.78 is 5.68. The summed E-state index contributed by atoms with van der Waals surface area (Å²) in [5.74, 6) is 5.70. The van der Waals surface area contributed by atoms with Crippen LogP contribution in [0.1, 0.15) is 30.4 Å². The van der Waals surface area contributed by atoms with E-state index in [2.05, 4.69) is 17.6 Å². The Morgan fingerprint density at radius 3 is 2.67 bits per heavy atom. The van der Waals surface area contributed by atoms with E-state index in [1.54, 1.807) is 7.11 Å². The van der Waals surface area contributed by atoms with E-state index in [0.717, 1.165) is 29.8 Å². The molecule has 1 aliphatic rings. The molecule has 0 saturated heterocycles. The summed E-state index contributed by atoms with van der Waals surface area (Å²) in [7, 11) is 1.76. The Labute approximate surface area is 114 Å². The van der Waals surface area contributed by atoms with E-state index < -0.39 is 0 Å². The van der Waals surface area contributed by atoms with Crippen molar-refractivity contribution in [3.05, 3.63) is 34.3 Å². The number of benzene rings is 1. The lowest BCUT2D eigenvalue weighted by Gasteiger charge is -2.46. The molecule has 1 fully saturated rings. The Kier molecular flexibility index (Phi) is 4.28. The van der Waals surface area contributed by atoms with E-state index in [4.69, 9.17) is 22.2 Å². The molecule has 0 spiro atoms. The Hall–Kier alpha value is -0.610. The van der Waals surface area contributed by atoms with Crippen LogP contribution < -0.4 is 11.3 Å². The molecule has 18 heavy (non-hydrogen) atoms. The van der Waals surface area contributed by atoms with Crippen molar-refractivity contribution in [2.75, 3.05) is 7.11 Å². The molecule has 3 N–H and O–H groups in total. The van der Waals surface area contributed by atoms with Gasteiger partial charge in [0.05, 0.1) is 11.6 Å². The van der Waals surface area contributed by atoms with E-state index in [9.17, 15) is 0 Å². The Bertz CT molecular complexity index is 413. The van der Waals surface area contributed by atoms with Gasteiger partial charge in [0.2, 0.25) is 0 Å². The fraction of sp³-hybridized carbons (Fsp3) is 0.571. The van der Waals surface area contributed by atoms with Gasteiger partial charge in [-0.25, -0.2) is 0 Å². The van der Waals surface area contributed by atoms with Crippen LogP contribution in [0.25, 0.3) is 0 Å². The lowest BCUT2D eigenvalue weighted by atomic mass is 9.73. The quantitative estimate of drug-likeness (QED) is 0.637. The predicted molar refractivity (Wildman–Crippen MR) is 74.6 cm³/mol. The molecule has 2 rings (SSSR count). The summed E-state index contributed by atoms with van der Waals surface area (Å²) in [6.07, 6.45) is 4.11. The average Bonchev–Trinajstić information content (AvgIpc) is 2.29. The van der Waals surface area contributed by atoms with Crippen LogP contribution in [0.2, 0.25) is 5.02 Å². The normalized spacial score (nSPS) is 19.3. The van der Waals surface area contributed by atoms with Crippen LogP contribution in [-0.2, 0) is 11.2 Å². The molecule has 100 valence electrons. The number of halogens is 1. The highest BCUT2D eigenvalue weighted by Gasteiger charge is 2.44. The van der Waals surface area contributed by atoms with Crippen LogP contribution in [0.4, 0.5) is 0 Å². The Morgan fingerprint density at radius 1 is 1.50 bits per heavy atom. The molecular formula is C14H21ClN2O. The van der Waals surface area contributed by atoms with Gasteiger partial charge in [0.1, 0.15) is 0 Å². The highest BCUT2D eigenvalue weighted by molar-refractivity contribution is 6.31. The number of methoxy groups -OCH3 is 1. The number of nitrogens with one attached hydrogen (secondary N) is 1. The zero-order valence-corrected chi connectivity index (χ0v) is 11.8. The van der Waals surface area contributed by atoms with Crippen LogP contribution in [0.3, 0.4) is 0 Å². The maximum Gasteiger partial charge on any atom is 0.0847 e. The minimum absolute atomic E-state index is 0.108. The lowest BCUT2D eigenvalue weighted by Crippen LogP contribution is -2.59. The summed E-state index contributed by atoms with van der Waals surface area (Å²) in [5, 5.41) is 0.806. The number of hydrogen-bond acceptors (Lipinski definition) is 3. The van der Waals surface area contributed by atoms with E-state index in [0.29, 0.717) is 0 Å². The largest absolute Gasteiger partial charge is 0.377 e. The second-order valence-electron chi connectivity index (χ2n) is 5.14. The van der Waals surface area contributed by atoms with Crippen molar-refractivity contribution < 1.29 is 4.74 Å². The molecule has 4 heteroatoms. The molecule has 1 aromatic carbocycles. The van der Waals surface area contributed by atoms with Gasteiger partial charge < -0.3 is 4.74 Å². The minimum atomic E-state index is -0.122.